The number of aromatic nitrogens is 1. The summed E-state index contributed by atoms with van der Waals surface area (Å²) in [6.45, 7) is 0.328. The second kappa shape index (κ2) is 7.68. The fraction of sp³-hybridized carbons (Fsp3) is 0.267. The summed E-state index contributed by atoms with van der Waals surface area (Å²) in [6, 6.07) is 15.2. The number of hydrogen-bond acceptors (Lipinski definition) is 3. The van der Waals surface area contributed by atoms with Crippen molar-refractivity contribution in [2.45, 2.75) is 11.2 Å². The molecule has 112 valence electrons. The van der Waals surface area contributed by atoms with Crippen molar-refractivity contribution in [3.63, 3.8) is 0 Å². The Morgan fingerprint density at radius 3 is 2.48 bits per heavy atom. The van der Waals surface area contributed by atoms with Crippen molar-refractivity contribution in [1.29, 1.82) is 0 Å². The van der Waals surface area contributed by atoms with Crippen LogP contribution in [-0.2, 0) is 16.4 Å². The molecule has 2 aromatic rings. The second-order valence-corrected chi connectivity index (χ2v) is 7.65. The van der Waals surface area contributed by atoms with Crippen molar-refractivity contribution in [1.82, 2.24) is 9.71 Å². The van der Waals surface area contributed by atoms with E-state index in [1.165, 1.54) is 0 Å². The van der Waals surface area contributed by atoms with E-state index >= 15 is 0 Å². The Kier molecular flexibility index (Phi) is 5.90. The highest BCUT2D eigenvalue weighted by atomic mass is 79.9. The highest BCUT2D eigenvalue weighted by Gasteiger charge is 2.14. The Labute approximate surface area is 133 Å². The van der Waals surface area contributed by atoms with Crippen molar-refractivity contribution in [3.05, 3.63) is 66.0 Å². The van der Waals surface area contributed by atoms with E-state index in [2.05, 4.69) is 25.6 Å². The number of sulfonamides is 1. The van der Waals surface area contributed by atoms with Crippen LogP contribution in [0.2, 0.25) is 0 Å². The molecule has 1 N–H and O–H groups in total. The van der Waals surface area contributed by atoms with Crippen LogP contribution in [0.1, 0.15) is 16.1 Å². The lowest BCUT2D eigenvalue weighted by Gasteiger charge is -2.12. The molecular formula is C15H17BrN2O2S. The van der Waals surface area contributed by atoms with Crippen LogP contribution in [0.15, 0.2) is 54.7 Å². The van der Waals surface area contributed by atoms with Crippen LogP contribution >= 0.6 is 15.9 Å². The first kappa shape index (κ1) is 16.1. The summed E-state index contributed by atoms with van der Waals surface area (Å²) >= 11 is 3.50. The Bertz CT molecular complexity index is 648. The molecule has 1 atom stereocenters. The van der Waals surface area contributed by atoms with Gasteiger partial charge in [0.1, 0.15) is 0 Å². The third-order valence-electron chi connectivity index (χ3n) is 3.00. The summed E-state index contributed by atoms with van der Waals surface area (Å²) in [7, 11) is -3.30. The predicted molar refractivity (Wildman–Crippen MR) is 87.8 cm³/mol. The second-order valence-electron chi connectivity index (χ2n) is 4.62. The van der Waals surface area contributed by atoms with Crippen LogP contribution in [0.3, 0.4) is 0 Å². The fourth-order valence-corrected chi connectivity index (χ4v) is 3.56. The smallest absolute Gasteiger partial charge is 0.212 e. The molecule has 0 saturated carbocycles. The molecule has 0 aliphatic heterocycles. The van der Waals surface area contributed by atoms with Crippen molar-refractivity contribution in [2.24, 2.45) is 0 Å². The third-order valence-corrected chi connectivity index (χ3v) is 5.20. The zero-order valence-electron chi connectivity index (χ0n) is 11.4. The number of nitrogens with one attached hydrogen (secondary N) is 1. The van der Waals surface area contributed by atoms with Gasteiger partial charge in [0, 0.05) is 24.9 Å². The van der Waals surface area contributed by atoms with Gasteiger partial charge in [0.25, 0.3) is 0 Å². The molecule has 1 aromatic carbocycles. The van der Waals surface area contributed by atoms with E-state index in [1.54, 1.807) is 6.20 Å². The molecule has 21 heavy (non-hydrogen) atoms. The van der Waals surface area contributed by atoms with Gasteiger partial charge in [-0.05, 0) is 17.7 Å². The molecule has 0 aliphatic rings. The molecular weight excluding hydrogens is 352 g/mol. The highest BCUT2D eigenvalue weighted by Crippen LogP contribution is 2.21. The van der Waals surface area contributed by atoms with Gasteiger partial charge in [-0.2, -0.15) is 0 Å². The summed E-state index contributed by atoms with van der Waals surface area (Å²) < 4.78 is 26.6. The van der Waals surface area contributed by atoms with Crippen LogP contribution in [0.4, 0.5) is 0 Å². The molecule has 1 heterocycles. The minimum absolute atomic E-state index is 0.0386. The van der Waals surface area contributed by atoms with Crippen molar-refractivity contribution in [2.75, 3.05) is 12.3 Å². The molecule has 6 heteroatoms. The van der Waals surface area contributed by atoms with Gasteiger partial charge in [-0.15, -0.1) is 0 Å². The number of alkyl halides is 1. The molecule has 0 radical (unpaired) electrons. The lowest BCUT2D eigenvalue weighted by Crippen LogP contribution is -2.30. The average Bonchev–Trinajstić information content (AvgIpc) is 2.53. The minimum Gasteiger partial charge on any atom is -0.261 e. The Hall–Kier alpha value is -1.24. The maximum Gasteiger partial charge on any atom is 0.212 e. The summed E-state index contributed by atoms with van der Waals surface area (Å²) in [4.78, 5) is 4.08. The Balaban J connectivity index is 1.84. The van der Waals surface area contributed by atoms with Crippen molar-refractivity contribution in [3.8, 4) is 0 Å². The Morgan fingerprint density at radius 2 is 1.81 bits per heavy atom. The van der Waals surface area contributed by atoms with Gasteiger partial charge < -0.3 is 0 Å². The standard InChI is InChI=1S/C15H17BrN2O2S/c16-15(13-6-2-1-3-7-13)12-18-21(19,20)11-9-14-8-4-5-10-17-14/h1-8,10,15,18H,9,11-12H2. The molecule has 4 nitrogen and oxygen atoms in total. The van der Waals surface area contributed by atoms with E-state index in [0.29, 0.717) is 13.0 Å². The van der Waals surface area contributed by atoms with E-state index < -0.39 is 10.0 Å². The molecule has 2 rings (SSSR count). The van der Waals surface area contributed by atoms with Crippen LogP contribution < -0.4 is 4.72 Å². The monoisotopic (exact) mass is 368 g/mol. The number of aryl methyl sites for hydroxylation is 1. The number of hydrogen-bond donors (Lipinski definition) is 1. The molecule has 1 aromatic heterocycles. The summed E-state index contributed by atoms with van der Waals surface area (Å²) in [6.07, 6.45) is 2.08. The first-order chi connectivity index (χ1) is 10.1. The van der Waals surface area contributed by atoms with E-state index in [9.17, 15) is 8.42 Å². The molecule has 0 bridgehead atoms. The normalized spacial score (nSPS) is 13.0. The summed E-state index contributed by atoms with van der Waals surface area (Å²) in [5.41, 5.74) is 1.83. The molecule has 1 unspecified atom stereocenters. The van der Waals surface area contributed by atoms with Crippen LogP contribution in [0.25, 0.3) is 0 Å². The van der Waals surface area contributed by atoms with Gasteiger partial charge in [-0.1, -0.05) is 52.3 Å². The predicted octanol–water partition coefficient (Wildman–Crippen LogP) is 2.68. The SMILES string of the molecule is O=S(=O)(CCc1ccccn1)NCC(Br)c1ccccc1. The quantitative estimate of drug-likeness (QED) is 0.764. The van der Waals surface area contributed by atoms with E-state index in [-0.39, 0.29) is 10.6 Å². The summed E-state index contributed by atoms with van der Waals surface area (Å²) in [5, 5.41) is 0. The van der Waals surface area contributed by atoms with Gasteiger partial charge >= 0.3 is 0 Å². The van der Waals surface area contributed by atoms with E-state index in [4.69, 9.17) is 0 Å². The van der Waals surface area contributed by atoms with Gasteiger partial charge in [0.05, 0.1) is 10.6 Å². The maximum atomic E-state index is 12.0. The number of pyridine rings is 1. The Morgan fingerprint density at radius 1 is 1.10 bits per heavy atom. The first-order valence-electron chi connectivity index (χ1n) is 6.63. The van der Waals surface area contributed by atoms with Gasteiger partial charge in [0.15, 0.2) is 0 Å². The highest BCUT2D eigenvalue weighted by molar-refractivity contribution is 9.09. The van der Waals surface area contributed by atoms with Crippen molar-refractivity contribution >= 4 is 26.0 Å². The zero-order chi connectivity index (χ0) is 15.1. The van der Waals surface area contributed by atoms with Gasteiger partial charge in [-0.3, -0.25) is 4.98 Å². The van der Waals surface area contributed by atoms with E-state index in [0.717, 1.165) is 11.3 Å². The number of benzene rings is 1. The number of nitrogens with zero attached hydrogens (tertiary/aromatic N) is 1. The topological polar surface area (TPSA) is 59.1 Å². The van der Waals surface area contributed by atoms with Gasteiger partial charge in [-0.25, -0.2) is 13.1 Å². The van der Waals surface area contributed by atoms with Crippen LogP contribution in [0.5, 0.6) is 0 Å². The number of halogens is 1. The molecule has 0 saturated heterocycles. The first-order valence-corrected chi connectivity index (χ1v) is 9.20. The maximum absolute atomic E-state index is 12.0. The third kappa shape index (κ3) is 5.57. The van der Waals surface area contributed by atoms with Crippen molar-refractivity contribution < 1.29 is 8.42 Å². The number of rotatable bonds is 7. The average molecular weight is 369 g/mol. The lowest BCUT2D eigenvalue weighted by atomic mass is 10.2. The summed E-state index contributed by atoms with van der Waals surface area (Å²) in [5.74, 6) is 0.0402. The largest absolute Gasteiger partial charge is 0.261 e. The molecule has 0 amide bonds. The molecule has 0 aliphatic carbocycles. The fourth-order valence-electron chi connectivity index (χ4n) is 1.84. The molecule has 0 spiro atoms. The van der Waals surface area contributed by atoms with Crippen LogP contribution in [0, 0.1) is 0 Å². The minimum atomic E-state index is -3.30. The lowest BCUT2D eigenvalue weighted by molar-refractivity contribution is 0.580. The van der Waals surface area contributed by atoms with Gasteiger partial charge in [0.2, 0.25) is 10.0 Å². The molecule has 0 fully saturated rings. The zero-order valence-corrected chi connectivity index (χ0v) is 13.8. The van der Waals surface area contributed by atoms with Crippen LogP contribution in [-0.4, -0.2) is 25.7 Å². The van der Waals surface area contributed by atoms with E-state index in [1.807, 2.05) is 48.5 Å².